The Balaban J connectivity index is 1.30. The summed E-state index contributed by atoms with van der Waals surface area (Å²) in [5, 5.41) is 2.53. The smallest absolute Gasteiger partial charge is 0.321 e. The van der Waals surface area contributed by atoms with Gasteiger partial charge in [-0.3, -0.25) is 0 Å². The van der Waals surface area contributed by atoms with Gasteiger partial charge in [-0.2, -0.15) is 18.6 Å². The summed E-state index contributed by atoms with van der Waals surface area (Å²) in [6.45, 7) is 9.65. The summed E-state index contributed by atoms with van der Waals surface area (Å²) in [6.07, 6.45) is 4.68. The van der Waals surface area contributed by atoms with Gasteiger partial charge in [0.2, 0.25) is 0 Å². The number of hydrogen-bond donors (Lipinski definition) is 0. The number of para-hydroxylation sites is 2. The molecule has 6 aliphatic rings. The van der Waals surface area contributed by atoms with Crippen LogP contribution in [0.5, 0.6) is 11.5 Å². The Kier molecular flexibility index (Phi) is 4.00. The van der Waals surface area contributed by atoms with Crippen LogP contribution in [0.15, 0.2) is 122 Å². The van der Waals surface area contributed by atoms with Crippen LogP contribution in [0.1, 0.15) is 61.1 Å². The summed E-state index contributed by atoms with van der Waals surface area (Å²) in [6, 6.07) is 41.2. The van der Waals surface area contributed by atoms with Crippen LogP contribution in [0.3, 0.4) is 0 Å². The molecule has 1 spiro atoms. The number of hydrogen-bond acceptors (Lipinski definition) is 2. The summed E-state index contributed by atoms with van der Waals surface area (Å²) >= 11 is 0. The molecule has 0 aliphatic carbocycles. The van der Waals surface area contributed by atoms with Crippen LogP contribution in [0.2, 0.25) is 0 Å². The monoisotopic (exact) mass is 668 g/mol. The molecular weight excluding hydrogens is 637 g/mol. The fourth-order valence-electron chi connectivity index (χ4n) is 11.6. The lowest BCUT2D eigenvalue weighted by Gasteiger charge is -2.51. The van der Waals surface area contributed by atoms with Gasteiger partial charge >= 0.3 is 5.66 Å². The van der Waals surface area contributed by atoms with Crippen LogP contribution in [-0.4, -0.2) is 4.57 Å². The maximum atomic E-state index is 7.23. The molecule has 8 aromatic rings. The molecule has 0 saturated heterocycles. The molecule has 5 aromatic carbocycles. The lowest BCUT2D eigenvalue weighted by atomic mass is 9.64. The third-order valence-corrected chi connectivity index (χ3v) is 13.7. The second-order valence-corrected chi connectivity index (χ2v) is 16.5. The van der Waals surface area contributed by atoms with E-state index in [4.69, 9.17) is 4.74 Å². The first-order valence-electron chi connectivity index (χ1n) is 18.5. The third kappa shape index (κ3) is 2.40. The third-order valence-electron chi connectivity index (χ3n) is 13.7. The van der Waals surface area contributed by atoms with Gasteiger partial charge in [0.05, 0.1) is 23.3 Å². The Labute approximate surface area is 300 Å². The SMILES string of the molecule is CC1(C)c2cccc3c2N2c4c1ccc1c4C4(c5c(ccc6c5-n5c7c(cccc7c7ccc[n+]4c75)-c4ccccc4-6)O1)[n+]1cccc(c12)C3(C)C. The number of anilines is 3. The molecule has 1 unspecified atom stereocenters. The quantitative estimate of drug-likeness (QED) is 0.150. The highest BCUT2D eigenvalue weighted by atomic mass is 16.5. The zero-order chi connectivity index (χ0) is 34.2. The molecule has 9 heterocycles. The molecule has 0 saturated carbocycles. The summed E-state index contributed by atoms with van der Waals surface area (Å²) in [5.41, 5.74) is 17.8. The number of fused-ring (bicyclic) bond motifs is 4. The topological polar surface area (TPSA) is 25.2 Å². The maximum Gasteiger partial charge on any atom is 0.321 e. The van der Waals surface area contributed by atoms with E-state index in [-0.39, 0.29) is 10.8 Å². The highest BCUT2D eigenvalue weighted by Gasteiger charge is 2.69. The van der Waals surface area contributed by atoms with E-state index in [1.165, 1.54) is 100 Å². The molecule has 0 fully saturated rings. The molecule has 0 N–H and O–H groups in total. The Bertz CT molecular complexity index is 3110. The van der Waals surface area contributed by atoms with Gasteiger partial charge in [-0.05, 0) is 59.7 Å². The van der Waals surface area contributed by atoms with E-state index in [2.05, 4.69) is 168 Å². The standard InChI is InChI=1S/C47H32N4O/c1-45(2)31-16-8-17-32-41(31)51-42-33(45)20-22-36-38(42)47(49-24-10-18-34(44(49)51)46(32,3)4)37-35(52-36)21-19-29-26-12-6-5-11-25(26)27-13-7-14-28-30-15-9-23-48(47)43(30)50(39(27)28)40(29)37/h5-24H,1-4H3/q+2. The van der Waals surface area contributed by atoms with Crippen molar-refractivity contribution < 1.29 is 13.9 Å². The highest BCUT2D eigenvalue weighted by molar-refractivity contribution is 6.15. The van der Waals surface area contributed by atoms with E-state index in [1.807, 2.05) is 0 Å². The average Bonchev–Trinajstić information content (AvgIpc) is 3.44. The summed E-state index contributed by atoms with van der Waals surface area (Å²) < 4.78 is 15.0. The van der Waals surface area contributed by atoms with Gasteiger partial charge in [-0.25, -0.2) is 0 Å². The van der Waals surface area contributed by atoms with Crippen LogP contribution in [-0.2, 0) is 16.5 Å². The van der Waals surface area contributed by atoms with E-state index < -0.39 is 5.66 Å². The highest BCUT2D eigenvalue weighted by Crippen LogP contribution is 2.67. The van der Waals surface area contributed by atoms with Crippen molar-refractivity contribution in [2.45, 2.75) is 44.2 Å². The zero-order valence-corrected chi connectivity index (χ0v) is 29.2. The number of nitrogens with zero attached hydrogens (tertiary/aromatic N) is 4. The summed E-state index contributed by atoms with van der Waals surface area (Å²) in [4.78, 5) is 2.62. The van der Waals surface area contributed by atoms with Gasteiger partial charge in [0, 0.05) is 44.0 Å². The number of ether oxygens (including phenoxy) is 1. The van der Waals surface area contributed by atoms with Crippen molar-refractivity contribution in [3.63, 3.8) is 0 Å². The summed E-state index contributed by atoms with van der Waals surface area (Å²) in [5.74, 6) is 3.06. The minimum absolute atomic E-state index is 0.227. The Morgan fingerprint density at radius 2 is 1.12 bits per heavy atom. The minimum Gasteiger partial charge on any atom is -0.456 e. The fourth-order valence-corrected chi connectivity index (χ4v) is 11.6. The molecule has 0 amide bonds. The first-order chi connectivity index (χ1) is 25.3. The van der Waals surface area contributed by atoms with Gasteiger partial charge in [0.1, 0.15) is 33.8 Å². The van der Waals surface area contributed by atoms with Crippen LogP contribution in [0.4, 0.5) is 17.2 Å². The molecule has 6 aliphatic heterocycles. The van der Waals surface area contributed by atoms with Crippen molar-refractivity contribution in [1.82, 2.24) is 4.57 Å². The van der Waals surface area contributed by atoms with Crippen molar-refractivity contribution in [1.29, 1.82) is 0 Å². The van der Waals surface area contributed by atoms with Gasteiger partial charge < -0.3 is 4.74 Å². The van der Waals surface area contributed by atoms with E-state index >= 15 is 0 Å². The van der Waals surface area contributed by atoms with Gasteiger partial charge in [-0.15, -0.1) is 0 Å². The Morgan fingerprint density at radius 1 is 0.500 bits per heavy atom. The van der Waals surface area contributed by atoms with Crippen LogP contribution >= 0.6 is 0 Å². The van der Waals surface area contributed by atoms with E-state index in [9.17, 15) is 0 Å². The molecule has 0 bridgehead atoms. The predicted molar refractivity (Wildman–Crippen MR) is 203 cm³/mol. The fraction of sp³-hybridized carbons (Fsp3) is 0.149. The first kappa shape index (κ1) is 26.6. The van der Waals surface area contributed by atoms with Crippen LogP contribution in [0, 0.1) is 0 Å². The van der Waals surface area contributed by atoms with Gasteiger partial charge in [0.15, 0.2) is 11.4 Å². The second kappa shape index (κ2) is 7.83. The number of pyridine rings is 2. The molecule has 3 aromatic heterocycles. The van der Waals surface area contributed by atoms with E-state index in [0.717, 1.165) is 11.5 Å². The lowest BCUT2D eigenvalue weighted by molar-refractivity contribution is -0.959. The van der Waals surface area contributed by atoms with Crippen LogP contribution < -0.4 is 18.8 Å². The van der Waals surface area contributed by atoms with Crippen molar-refractivity contribution >= 4 is 39.1 Å². The maximum absolute atomic E-state index is 7.23. The van der Waals surface area contributed by atoms with E-state index in [0.29, 0.717) is 0 Å². The zero-order valence-electron chi connectivity index (χ0n) is 29.2. The largest absolute Gasteiger partial charge is 0.456 e. The van der Waals surface area contributed by atoms with Crippen molar-refractivity contribution in [2.75, 3.05) is 4.90 Å². The van der Waals surface area contributed by atoms with Crippen LogP contribution in [0.25, 0.3) is 49.9 Å². The second-order valence-electron chi connectivity index (χ2n) is 16.5. The predicted octanol–water partition coefficient (Wildman–Crippen LogP) is 9.78. The molecule has 52 heavy (non-hydrogen) atoms. The van der Waals surface area contributed by atoms with Gasteiger partial charge in [0.25, 0.3) is 11.5 Å². The number of rotatable bonds is 0. The number of aromatic nitrogens is 3. The molecule has 244 valence electrons. The Morgan fingerprint density at radius 3 is 1.94 bits per heavy atom. The minimum atomic E-state index is -0.777. The van der Waals surface area contributed by atoms with Crippen molar-refractivity contribution in [3.05, 3.63) is 155 Å². The molecule has 14 rings (SSSR count). The molecule has 1 atom stereocenters. The van der Waals surface area contributed by atoms with E-state index in [1.54, 1.807) is 0 Å². The lowest BCUT2D eigenvalue weighted by Crippen LogP contribution is -2.79. The Hall–Kier alpha value is -6.20. The molecule has 5 heteroatoms. The normalized spacial score (nSPS) is 19.7. The first-order valence-corrected chi connectivity index (χ1v) is 18.5. The summed E-state index contributed by atoms with van der Waals surface area (Å²) in [7, 11) is 0. The van der Waals surface area contributed by atoms with Crippen molar-refractivity contribution in [3.8, 4) is 39.4 Å². The molecule has 5 nitrogen and oxygen atoms in total. The van der Waals surface area contributed by atoms with Crippen molar-refractivity contribution in [2.24, 2.45) is 0 Å². The van der Waals surface area contributed by atoms with Gasteiger partial charge in [-0.1, -0.05) is 88.4 Å². The molecular formula is C47H32N4O+2. The molecule has 0 radical (unpaired) electrons. The average molecular weight is 669 g/mol. The number of benzene rings is 5.